The zero-order chi connectivity index (χ0) is 24.1. The Labute approximate surface area is 202 Å². The summed E-state index contributed by atoms with van der Waals surface area (Å²) in [5, 5.41) is 23.5. The summed E-state index contributed by atoms with van der Waals surface area (Å²) in [5.41, 5.74) is 7.81. The van der Waals surface area contributed by atoms with E-state index < -0.39 is 0 Å². The third-order valence-corrected chi connectivity index (χ3v) is 6.14. The van der Waals surface area contributed by atoms with E-state index in [1.54, 1.807) is 31.2 Å². The van der Waals surface area contributed by atoms with Gasteiger partial charge in [0.2, 0.25) is 0 Å². The summed E-state index contributed by atoms with van der Waals surface area (Å²) in [6, 6.07) is 23.1. The van der Waals surface area contributed by atoms with Gasteiger partial charge in [-0.15, -0.1) is 10.2 Å². The number of thioether (sulfide) groups is 1. The second-order valence-corrected chi connectivity index (χ2v) is 8.82. The molecule has 0 aliphatic carbocycles. The zero-order valence-corrected chi connectivity index (χ0v) is 20.0. The topological polar surface area (TPSA) is 92.4 Å². The van der Waals surface area contributed by atoms with Crippen LogP contribution in [-0.4, -0.2) is 37.2 Å². The van der Waals surface area contributed by atoms with Gasteiger partial charge in [0.1, 0.15) is 5.75 Å². The van der Waals surface area contributed by atoms with Crippen LogP contribution in [0.3, 0.4) is 0 Å². The fourth-order valence-electron chi connectivity index (χ4n) is 3.33. The van der Waals surface area contributed by atoms with Crippen molar-refractivity contribution in [2.75, 3.05) is 5.75 Å². The maximum absolute atomic E-state index is 12.5. The minimum absolute atomic E-state index is 0.107. The van der Waals surface area contributed by atoms with Gasteiger partial charge in [0.15, 0.2) is 11.0 Å². The van der Waals surface area contributed by atoms with Crippen molar-refractivity contribution in [1.82, 2.24) is 20.2 Å². The van der Waals surface area contributed by atoms with Crippen LogP contribution in [0.5, 0.6) is 5.75 Å². The summed E-state index contributed by atoms with van der Waals surface area (Å²) >= 11 is 1.28. The second-order valence-electron chi connectivity index (χ2n) is 7.88. The number of benzene rings is 3. The molecule has 0 fully saturated rings. The zero-order valence-electron chi connectivity index (χ0n) is 19.2. The van der Waals surface area contributed by atoms with Crippen LogP contribution in [0.2, 0.25) is 0 Å². The Morgan fingerprint density at radius 1 is 0.971 bits per heavy atom. The summed E-state index contributed by atoms with van der Waals surface area (Å²) in [7, 11) is 0. The quantitative estimate of drug-likeness (QED) is 0.227. The van der Waals surface area contributed by atoms with Gasteiger partial charge in [-0.05, 0) is 45.0 Å². The van der Waals surface area contributed by atoms with Crippen LogP contribution in [0.25, 0.3) is 17.1 Å². The fourth-order valence-corrected chi connectivity index (χ4v) is 4.07. The molecule has 0 unspecified atom stereocenters. The van der Waals surface area contributed by atoms with E-state index in [2.05, 4.69) is 20.7 Å². The van der Waals surface area contributed by atoms with Crippen LogP contribution in [0, 0.1) is 13.8 Å². The Kier molecular flexibility index (Phi) is 7.08. The Morgan fingerprint density at radius 2 is 1.62 bits per heavy atom. The average Bonchev–Trinajstić information content (AvgIpc) is 3.26. The van der Waals surface area contributed by atoms with Gasteiger partial charge in [0.25, 0.3) is 5.91 Å². The Balaban J connectivity index is 1.54. The van der Waals surface area contributed by atoms with E-state index in [9.17, 15) is 9.90 Å². The van der Waals surface area contributed by atoms with Crippen LogP contribution in [0.4, 0.5) is 0 Å². The number of amides is 1. The van der Waals surface area contributed by atoms with Crippen molar-refractivity contribution in [3.63, 3.8) is 0 Å². The molecule has 8 heteroatoms. The van der Waals surface area contributed by atoms with Crippen molar-refractivity contribution in [2.24, 2.45) is 5.10 Å². The number of phenols is 1. The number of carbonyl (C=O) groups is 1. The van der Waals surface area contributed by atoms with Gasteiger partial charge in [0, 0.05) is 16.8 Å². The van der Waals surface area contributed by atoms with Gasteiger partial charge in [-0.25, -0.2) is 5.43 Å². The molecule has 0 aliphatic rings. The molecule has 0 saturated carbocycles. The predicted octanol–water partition coefficient (Wildman–Crippen LogP) is 4.89. The molecule has 1 heterocycles. The Hall–Kier alpha value is -3.91. The van der Waals surface area contributed by atoms with Gasteiger partial charge in [-0.1, -0.05) is 71.4 Å². The van der Waals surface area contributed by atoms with E-state index in [1.807, 2.05) is 66.9 Å². The third kappa shape index (κ3) is 5.35. The average molecular weight is 472 g/mol. The predicted molar refractivity (Wildman–Crippen MR) is 135 cm³/mol. The Morgan fingerprint density at radius 3 is 2.29 bits per heavy atom. The number of para-hydroxylation sites is 1. The van der Waals surface area contributed by atoms with Gasteiger partial charge in [-0.3, -0.25) is 9.36 Å². The fraction of sp³-hybridized carbons (Fsp3) is 0.154. The van der Waals surface area contributed by atoms with Gasteiger partial charge in [-0.2, -0.15) is 5.10 Å². The van der Waals surface area contributed by atoms with Crippen molar-refractivity contribution in [3.05, 3.63) is 89.5 Å². The number of hydrazone groups is 1. The molecule has 7 nitrogen and oxygen atoms in total. The Bertz CT molecular complexity index is 1330. The number of hydrogen-bond donors (Lipinski definition) is 2. The summed E-state index contributed by atoms with van der Waals surface area (Å²) in [4.78, 5) is 12.5. The molecule has 34 heavy (non-hydrogen) atoms. The highest BCUT2D eigenvalue weighted by molar-refractivity contribution is 7.99. The highest BCUT2D eigenvalue weighted by Crippen LogP contribution is 2.28. The molecule has 0 spiro atoms. The summed E-state index contributed by atoms with van der Waals surface area (Å²) in [6.45, 7) is 5.80. The van der Waals surface area contributed by atoms with E-state index >= 15 is 0 Å². The molecule has 0 radical (unpaired) electrons. The van der Waals surface area contributed by atoms with Crippen molar-refractivity contribution in [1.29, 1.82) is 0 Å². The van der Waals surface area contributed by atoms with Crippen molar-refractivity contribution < 1.29 is 9.90 Å². The first-order valence-corrected chi connectivity index (χ1v) is 11.7. The lowest BCUT2D eigenvalue weighted by Gasteiger charge is -2.11. The number of nitrogens with zero attached hydrogens (tertiary/aromatic N) is 4. The first kappa shape index (κ1) is 23.3. The maximum Gasteiger partial charge on any atom is 0.250 e. The number of aromatic hydroxyl groups is 1. The monoisotopic (exact) mass is 471 g/mol. The van der Waals surface area contributed by atoms with E-state index in [4.69, 9.17) is 0 Å². The lowest BCUT2D eigenvalue weighted by molar-refractivity contribution is -0.118. The minimum Gasteiger partial charge on any atom is -0.507 e. The normalized spacial score (nSPS) is 11.4. The minimum atomic E-state index is -0.282. The smallest absolute Gasteiger partial charge is 0.250 e. The first-order chi connectivity index (χ1) is 16.4. The molecule has 3 aromatic carbocycles. The lowest BCUT2D eigenvalue weighted by atomic mass is 10.1. The molecule has 0 bridgehead atoms. The number of nitrogens with one attached hydrogen (secondary N) is 1. The van der Waals surface area contributed by atoms with Gasteiger partial charge >= 0.3 is 0 Å². The number of aromatic nitrogens is 3. The van der Waals surface area contributed by atoms with Crippen molar-refractivity contribution >= 4 is 23.4 Å². The number of aryl methyl sites for hydroxylation is 2. The highest BCUT2D eigenvalue weighted by atomic mass is 32.2. The summed E-state index contributed by atoms with van der Waals surface area (Å²) in [6.07, 6.45) is 0. The molecule has 172 valence electrons. The largest absolute Gasteiger partial charge is 0.507 e. The van der Waals surface area contributed by atoms with E-state index in [1.165, 1.54) is 11.8 Å². The summed E-state index contributed by atoms with van der Waals surface area (Å²) < 4.78 is 1.96. The standard InChI is InChI=1S/C26H25N5O2S/c1-17-8-12-20(13-9-17)25-29-30-26(31(25)21-14-10-18(2)11-15-21)34-16-24(33)28-27-19(3)22-6-4-5-7-23(22)32/h4-15,32H,16H2,1-3H3,(H,28,33)/b27-19-. The molecular formula is C26H25N5O2S. The third-order valence-electron chi connectivity index (χ3n) is 5.21. The number of hydrogen-bond acceptors (Lipinski definition) is 6. The summed E-state index contributed by atoms with van der Waals surface area (Å²) in [5.74, 6) is 0.646. The van der Waals surface area contributed by atoms with Crippen molar-refractivity contribution in [2.45, 2.75) is 25.9 Å². The molecule has 4 rings (SSSR count). The van der Waals surface area contributed by atoms with E-state index in [0.29, 0.717) is 22.3 Å². The molecule has 0 aliphatic heterocycles. The molecule has 1 amide bonds. The lowest BCUT2D eigenvalue weighted by Crippen LogP contribution is -2.21. The second kappa shape index (κ2) is 10.4. The van der Waals surface area contributed by atoms with Crippen LogP contribution >= 0.6 is 11.8 Å². The molecule has 0 saturated heterocycles. The van der Waals surface area contributed by atoms with Gasteiger partial charge in [0.05, 0.1) is 11.5 Å². The molecule has 4 aromatic rings. The molecule has 0 atom stereocenters. The van der Waals surface area contributed by atoms with Crippen molar-refractivity contribution in [3.8, 4) is 22.8 Å². The van der Waals surface area contributed by atoms with Crippen LogP contribution < -0.4 is 5.43 Å². The molecule has 1 aromatic heterocycles. The molecular weight excluding hydrogens is 446 g/mol. The highest BCUT2D eigenvalue weighted by Gasteiger charge is 2.17. The SMILES string of the molecule is C/C(=N/NC(=O)CSc1nnc(-c2ccc(C)cc2)n1-c1ccc(C)cc1)c1ccccc1O. The van der Waals surface area contributed by atoms with E-state index in [-0.39, 0.29) is 17.4 Å². The molecule has 2 N–H and O–H groups in total. The number of rotatable bonds is 7. The maximum atomic E-state index is 12.5. The van der Waals surface area contributed by atoms with Crippen LogP contribution in [0.15, 0.2) is 83.1 Å². The van der Waals surface area contributed by atoms with Crippen LogP contribution in [-0.2, 0) is 4.79 Å². The number of carbonyl (C=O) groups excluding carboxylic acids is 1. The number of phenolic OH excluding ortho intramolecular Hbond substituents is 1. The first-order valence-electron chi connectivity index (χ1n) is 10.8. The van der Waals surface area contributed by atoms with Crippen LogP contribution in [0.1, 0.15) is 23.6 Å². The van der Waals surface area contributed by atoms with E-state index in [0.717, 1.165) is 22.4 Å². The van der Waals surface area contributed by atoms with Gasteiger partial charge < -0.3 is 5.11 Å².